The molecule has 0 fully saturated rings. The van der Waals surface area contributed by atoms with Gasteiger partial charge in [-0.15, -0.1) is 0 Å². The molecule has 1 amide bonds. The lowest BCUT2D eigenvalue weighted by Gasteiger charge is -2.29. The Labute approximate surface area is 164 Å². The van der Waals surface area contributed by atoms with Gasteiger partial charge in [-0.05, 0) is 55.4 Å². The van der Waals surface area contributed by atoms with E-state index in [4.69, 9.17) is 4.74 Å². The molecule has 9 nitrogen and oxygen atoms in total. The first-order valence-electron chi connectivity index (χ1n) is 8.97. The van der Waals surface area contributed by atoms with Crippen molar-refractivity contribution >= 4 is 22.1 Å². The average Bonchev–Trinajstić information content (AvgIpc) is 2.36. The number of ether oxygens (including phenoxy) is 1. The van der Waals surface area contributed by atoms with Crippen LogP contribution in [0.25, 0.3) is 0 Å². The van der Waals surface area contributed by atoms with Crippen molar-refractivity contribution in [1.29, 1.82) is 0 Å². The molecule has 10 heteroatoms. The van der Waals surface area contributed by atoms with Crippen molar-refractivity contribution in [3.05, 3.63) is 0 Å². The number of carbonyl (C=O) groups excluding carboxylic acids is 1. The lowest BCUT2D eigenvalue weighted by atomic mass is 10.1. The van der Waals surface area contributed by atoms with Crippen molar-refractivity contribution < 1.29 is 17.9 Å². The number of alkyl carbamates (subject to hydrolysis) is 1. The molecular weight excluding hydrogens is 370 g/mol. The number of hydrogen-bond acceptors (Lipinski definition) is 5. The van der Waals surface area contributed by atoms with Crippen molar-refractivity contribution in [1.82, 2.24) is 20.7 Å². The first-order valence-corrected chi connectivity index (χ1v) is 10.9. The molecule has 0 aliphatic heterocycles. The molecule has 0 bridgehead atoms. The van der Waals surface area contributed by atoms with Gasteiger partial charge in [0.15, 0.2) is 5.96 Å². The number of nitrogens with one attached hydrogen (secondary N) is 4. The third-order valence-electron chi connectivity index (χ3n) is 2.98. The van der Waals surface area contributed by atoms with Gasteiger partial charge in [0.2, 0.25) is 10.0 Å². The van der Waals surface area contributed by atoms with E-state index in [1.54, 1.807) is 34.6 Å². The van der Waals surface area contributed by atoms with E-state index in [9.17, 15) is 13.2 Å². The summed E-state index contributed by atoms with van der Waals surface area (Å²) in [5, 5.41) is 9.07. The fourth-order valence-electron chi connectivity index (χ4n) is 2.08. The van der Waals surface area contributed by atoms with Gasteiger partial charge >= 0.3 is 6.09 Å². The van der Waals surface area contributed by atoms with Crippen LogP contribution < -0.4 is 20.7 Å². The highest BCUT2D eigenvalue weighted by molar-refractivity contribution is 7.88. The van der Waals surface area contributed by atoms with Gasteiger partial charge < -0.3 is 20.7 Å². The second-order valence-corrected chi connectivity index (χ2v) is 10.6. The third-order valence-corrected chi connectivity index (χ3v) is 3.90. The summed E-state index contributed by atoms with van der Waals surface area (Å²) >= 11 is 0. The summed E-state index contributed by atoms with van der Waals surface area (Å²) in [6.07, 6.45) is 0.627. The molecule has 0 atom stereocenters. The monoisotopic (exact) mass is 407 g/mol. The van der Waals surface area contributed by atoms with Crippen molar-refractivity contribution in [3.8, 4) is 0 Å². The number of amides is 1. The van der Waals surface area contributed by atoms with Crippen molar-refractivity contribution in [2.75, 3.05) is 25.9 Å². The number of nitrogens with zero attached hydrogens (tertiary/aromatic N) is 1. The minimum atomic E-state index is -3.33. The molecule has 0 aromatic heterocycles. The summed E-state index contributed by atoms with van der Waals surface area (Å²) in [5.41, 5.74) is -1.87. The number of sulfonamides is 1. The first kappa shape index (κ1) is 25.4. The molecule has 27 heavy (non-hydrogen) atoms. The molecule has 0 aliphatic carbocycles. The standard InChI is InChI=1S/C17H37N5O4S/c1-10-18-13(20-12-17(7,8)22-27(9,24)25)19-11-16(5,6)21-14(23)26-15(2,3)4/h22H,10-12H2,1-9H3,(H,21,23)(H2,18,19,20). The molecule has 4 N–H and O–H groups in total. The number of guanidine groups is 1. The zero-order chi connectivity index (χ0) is 21.5. The Hall–Kier alpha value is -1.55. The Kier molecular flexibility index (Phi) is 9.04. The minimum Gasteiger partial charge on any atom is -0.444 e. The maximum atomic E-state index is 12.0. The van der Waals surface area contributed by atoms with Gasteiger partial charge in [-0.3, -0.25) is 4.99 Å². The van der Waals surface area contributed by atoms with Gasteiger partial charge in [0.25, 0.3) is 0 Å². The van der Waals surface area contributed by atoms with E-state index in [2.05, 4.69) is 25.7 Å². The lowest BCUT2D eigenvalue weighted by Crippen LogP contribution is -2.54. The second-order valence-electron chi connectivity index (χ2n) is 8.82. The summed E-state index contributed by atoms with van der Waals surface area (Å²) in [6.45, 7) is 15.9. The maximum Gasteiger partial charge on any atom is 0.408 e. The van der Waals surface area contributed by atoms with E-state index in [0.29, 0.717) is 19.0 Å². The minimum absolute atomic E-state index is 0.245. The lowest BCUT2D eigenvalue weighted by molar-refractivity contribution is 0.0474. The molecule has 0 aromatic carbocycles. The molecule has 0 aromatic rings. The van der Waals surface area contributed by atoms with Gasteiger partial charge in [-0.2, -0.15) is 0 Å². The van der Waals surface area contributed by atoms with Crippen molar-refractivity contribution in [2.45, 2.75) is 72.1 Å². The average molecular weight is 408 g/mol. The normalized spacial score (nSPS) is 13.9. The van der Waals surface area contributed by atoms with E-state index >= 15 is 0 Å². The van der Waals surface area contributed by atoms with Gasteiger partial charge in [0.1, 0.15) is 5.60 Å². The topological polar surface area (TPSA) is 121 Å². The predicted octanol–water partition coefficient (Wildman–Crippen LogP) is 1.17. The van der Waals surface area contributed by atoms with Crippen LogP contribution in [-0.2, 0) is 14.8 Å². The fraction of sp³-hybridized carbons (Fsp3) is 0.882. The molecule has 0 rings (SSSR count). The number of carbonyl (C=O) groups is 1. The van der Waals surface area contributed by atoms with E-state index in [-0.39, 0.29) is 6.54 Å². The van der Waals surface area contributed by atoms with E-state index < -0.39 is 32.8 Å². The number of hydrogen-bond donors (Lipinski definition) is 4. The molecule has 0 saturated heterocycles. The molecule has 0 spiro atoms. The van der Waals surface area contributed by atoms with Gasteiger partial charge in [-0.25, -0.2) is 17.9 Å². The van der Waals surface area contributed by atoms with Gasteiger partial charge in [-0.1, -0.05) is 0 Å². The Morgan fingerprint density at radius 3 is 2.00 bits per heavy atom. The van der Waals surface area contributed by atoms with Crippen LogP contribution in [-0.4, -0.2) is 63.0 Å². The summed E-state index contributed by atoms with van der Waals surface area (Å²) < 4.78 is 30.7. The van der Waals surface area contributed by atoms with E-state index in [1.165, 1.54) is 0 Å². The highest BCUT2D eigenvalue weighted by Gasteiger charge is 2.25. The molecule has 0 heterocycles. The van der Waals surface area contributed by atoms with E-state index in [0.717, 1.165) is 6.26 Å². The Morgan fingerprint density at radius 1 is 1.00 bits per heavy atom. The van der Waals surface area contributed by atoms with Crippen LogP contribution >= 0.6 is 0 Å². The Morgan fingerprint density at radius 2 is 1.56 bits per heavy atom. The summed E-state index contributed by atoms with van der Waals surface area (Å²) in [4.78, 5) is 16.4. The maximum absolute atomic E-state index is 12.0. The number of rotatable bonds is 8. The van der Waals surface area contributed by atoms with Crippen LogP contribution in [0.1, 0.15) is 55.4 Å². The van der Waals surface area contributed by atoms with Crippen LogP contribution in [0.2, 0.25) is 0 Å². The van der Waals surface area contributed by atoms with Crippen molar-refractivity contribution in [3.63, 3.8) is 0 Å². The SMILES string of the molecule is CCNC(=NCC(C)(C)NS(C)(=O)=O)NCC(C)(C)NC(=O)OC(C)(C)C. The molecule has 0 radical (unpaired) electrons. The van der Waals surface area contributed by atoms with Crippen LogP contribution in [0.3, 0.4) is 0 Å². The summed E-state index contributed by atoms with van der Waals surface area (Å²) in [5.74, 6) is 0.528. The molecular formula is C17H37N5O4S. The first-order chi connectivity index (χ1) is 11.9. The van der Waals surface area contributed by atoms with Gasteiger partial charge in [0.05, 0.1) is 18.3 Å². The fourth-order valence-corrected chi connectivity index (χ4v) is 3.15. The smallest absolute Gasteiger partial charge is 0.408 e. The predicted molar refractivity (Wildman–Crippen MR) is 109 cm³/mol. The quantitative estimate of drug-likeness (QED) is 0.354. The molecule has 0 saturated carbocycles. The highest BCUT2D eigenvalue weighted by Crippen LogP contribution is 2.09. The van der Waals surface area contributed by atoms with E-state index in [1.807, 2.05) is 20.8 Å². The second kappa shape index (κ2) is 9.59. The zero-order valence-corrected chi connectivity index (χ0v) is 18.9. The van der Waals surface area contributed by atoms with Crippen molar-refractivity contribution in [2.24, 2.45) is 4.99 Å². The van der Waals surface area contributed by atoms with Crippen LogP contribution in [0.15, 0.2) is 4.99 Å². The Balaban J connectivity index is 4.87. The Bertz CT molecular complexity index is 622. The largest absolute Gasteiger partial charge is 0.444 e. The highest BCUT2D eigenvalue weighted by atomic mass is 32.2. The summed E-state index contributed by atoms with van der Waals surface area (Å²) in [6, 6.07) is 0. The third kappa shape index (κ3) is 14.2. The molecule has 0 unspecified atom stereocenters. The molecule has 160 valence electrons. The van der Waals surface area contributed by atoms with Crippen LogP contribution in [0, 0.1) is 0 Å². The molecule has 0 aliphatic rings. The van der Waals surface area contributed by atoms with Crippen LogP contribution in [0.5, 0.6) is 0 Å². The summed E-state index contributed by atoms with van der Waals surface area (Å²) in [7, 11) is -3.33. The number of aliphatic imine (C=N–C) groups is 1. The zero-order valence-electron chi connectivity index (χ0n) is 18.1. The van der Waals surface area contributed by atoms with Crippen LogP contribution in [0.4, 0.5) is 4.79 Å². The van der Waals surface area contributed by atoms with Gasteiger partial charge in [0, 0.05) is 18.6 Å².